The van der Waals surface area contributed by atoms with Gasteiger partial charge in [0.15, 0.2) is 11.5 Å². The highest BCUT2D eigenvalue weighted by atomic mass is 35.5. The zero-order valence-electron chi connectivity index (χ0n) is 18.5. The van der Waals surface area contributed by atoms with E-state index in [1.165, 1.54) is 19.1 Å². The lowest BCUT2D eigenvalue weighted by molar-refractivity contribution is 0.0955. The number of amides is 1. The molecule has 0 spiro atoms. The highest BCUT2D eigenvalue weighted by molar-refractivity contribution is 6.32. The van der Waals surface area contributed by atoms with Crippen LogP contribution < -0.4 is 19.8 Å². The number of methoxy groups -OCH3 is 1. The molecule has 3 aromatic rings. The van der Waals surface area contributed by atoms with Crippen molar-refractivity contribution >= 4 is 29.4 Å². The van der Waals surface area contributed by atoms with Gasteiger partial charge in [-0.1, -0.05) is 41.9 Å². The number of hydrogen-bond acceptors (Lipinski definition) is 5. The fourth-order valence-electron chi connectivity index (χ4n) is 3.71. The van der Waals surface area contributed by atoms with E-state index >= 15 is 0 Å². The predicted octanol–water partition coefficient (Wildman–Crippen LogP) is 5.29. The van der Waals surface area contributed by atoms with Crippen molar-refractivity contribution in [1.82, 2.24) is 5.43 Å². The Morgan fingerprint density at radius 2 is 1.82 bits per heavy atom. The Kier molecular flexibility index (Phi) is 7.47. The van der Waals surface area contributed by atoms with E-state index < -0.39 is 0 Å². The molecule has 0 atom stereocenters. The molecular weight excluding hydrogens is 438 g/mol. The number of hydrazone groups is 1. The van der Waals surface area contributed by atoms with Crippen LogP contribution in [0.3, 0.4) is 0 Å². The first-order valence-corrected chi connectivity index (χ1v) is 11.2. The van der Waals surface area contributed by atoms with Crippen molar-refractivity contribution in [2.24, 2.45) is 5.10 Å². The molecule has 3 aromatic carbocycles. The number of anilines is 1. The molecule has 0 aliphatic carbocycles. The maximum absolute atomic E-state index is 12.4. The Morgan fingerprint density at radius 3 is 2.52 bits per heavy atom. The van der Waals surface area contributed by atoms with Crippen LogP contribution in [0.4, 0.5) is 5.69 Å². The van der Waals surface area contributed by atoms with Gasteiger partial charge in [-0.2, -0.15) is 5.10 Å². The van der Waals surface area contributed by atoms with Gasteiger partial charge in [-0.25, -0.2) is 5.43 Å². The lowest BCUT2D eigenvalue weighted by atomic mass is 10.2. The topological polar surface area (TPSA) is 63.2 Å². The fraction of sp³-hybridized carbons (Fsp3) is 0.231. The molecule has 1 aliphatic heterocycles. The average Bonchev–Trinajstić information content (AvgIpc) is 3.39. The Hall–Kier alpha value is -3.51. The number of halogens is 1. The second kappa shape index (κ2) is 10.9. The van der Waals surface area contributed by atoms with Gasteiger partial charge in [0.05, 0.1) is 18.3 Å². The largest absolute Gasteiger partial charge is 0.493 e. The first kappa shape index (κ1) is 22.7. The first-order valence-electron chi connectivity index (χ1n) is 10.9. The molecule has 0 radical (unpaired) electrons. The van der Waals surface area contributed by atoms with Crippen molar-refractivity contribution in [1.29, 1.82) is 0 Å². The Labute approximate surface area is 198 Å². The van der Waals surface area contributed by atoms with Crippen molar-refractivity contribution in [2.75, 3.05) is 25.1 Å². The summed E-state index contributed by atoms with van der Waals surface area (Å²) in [5.74, 6) is 0.672. The summed E-state index contributed by atoms with van der Waals surface area (Å²) in [5, 5.41) is 4.47. The van der Waals surface area contributed by atoms with Crippen LogP contribution in [-0.4, -0.2) is 32.3 Å². The van der Waals surface area contributed by atoms with Crippen LogP contribution in [0.25, 0.3) is 0 Å². The van der Waals surface area contributed by atoms with Crippen molar-refractivity contribution in [3.8, 4) is 11.5 Å². The summed E-state index contributed by atoms with van der Waals surface area (Å²) in [7, 11) is 1.55. The van der Waals surface area contributed by atoms with Crippen molar-refractivity contribution in [3.63, 3.8) is 0 Å². The van der Waals surface area contributed by atoms with E-state index in [1.54, 1.807) is 19.2 Å². The van der Waals surface area contributed by atoms with E-state index in [1.807, 2.05) is 54.6 Å². The normalized spacial score (nSPS) is 13.3. The van der Waals surface area contributed by atoms with Gasteiger partial charge in [-0.15, -0.1) is 0 Å². The van der Waals surface area contributed by atoms with E-state index in [0.717, 1.165) is 24.3 Å². The monoisotopic (exact) mass is 463 g/mol. The van der Waals surface area contributed by atoms with Gasteiger partial charge in [-0.3, -0.25) is 4.79 Å². The van der Waals surface area contributed by atoms with Gasteiger partial charge in [0.25, 0.3) is 5.91 Å². The summed E-state index contributed by atoms with van der Waals surface area (Å²) >= 11 is 6.43. The molecule has 1 fully saturated rings. The van der Waals surface area contributed by atoms with Gasteiger partial charge >= 0.3 is 0 Å². The quantitative estimate of drug-likeness (QED) is 0.364. The van der Waals surface area contributed by atoms with Crippen molar-refractivity contribution < 1.29 is 14.3 Å². The molecule has 170 valence electrons. The zero-order valence-corrected chi connectivity index (χ0v) is 19.2. The van der Waals surface area contributed by atoms with Crippen LogP contribution >= 0.6 is 11.6 Å². The fourth-order valence-corrected chi connectivity index (χ4v) is 3.99. The smallest absolute Gasteiger partial charge is 0.271 e. The molecule has 4 rings (SSSR count). The molecule has 0 unspecified atom stereocenters. The lowest BCUT2D eigenvalue weighted by Gasteiger charge is -2.17. The molecule has 1 heterocycles. The summed E-state index contributed by atoms with van der Waals surface area (Å²) < 4.78 is 11.3. The van der Waals surface area contributed by atoms with Gasteiger partial charge in [0.1, 0.15) is 6.61 Å². The SMILES string of the molecule is COc1cc(/C=N\NC(=O)c2ccc(N3CCCC3)cc2)cc(Cl)c1OCc1ccccc1. The molecule has 1 aliphatic rings. The highest BCUT2D eigenvalue weighted by Crippen LogP contribution is 2.36. The molecule has 33 heavy (non-hydrogen) atoms. The zero-order chi connectivity index (χ0) is 23.0. The minimum Gasteiger partial charge on any atom is -0.493 e. The number of benzene rings is 3. The van der Waals surface area contributed by atoms with E-state index in [9.17, 15) is 4.79 Å². The number of rotatable bonds is 8. The van der Waals surface area contributed by atoms with Crippen molar-refractivity contribution in [2.45, 2.75) is 19.4 Å². The van der Waals surface area contributed by atoms with Gasteiger partial charge in [0.2, 0.25) is 0 Å². The minimum atomic E-state index is -0.278. The summed E-state index contributed by atoms with van der Waals surface area (Å²) in [6.45, 7) is 2.51. The molecular formula is C26H26ClN3O3. The third kappa shape index (κ3) is 5.84. The number of ether oxygens (including phenoxy) is 2. The van der Waals surface area contributed by atoms with Crippen LogP contribution in [0.5, 0.6) is 11.5 Å². The number of carbonyl (C=O) groups is 1. The van der Waals surface area contributed by atoms with E-state index in [2.05, 4.69) is 15.4 Å². The lowest BCUT2D eigenvalue weighted by Crippen LogP contribution is -2.19. The highest BCUT2D eigenvalue weighted by Gasteiger charge is 2.14. The van der Waals surface area contributed by atoms with E-state index in [-0.39, 0.29) is 5.91 Å². The van der Waals surface area contributed by atoms with Gasteiger partial charge < -0.3 is 14.4 Å². The molecule has 7 heteroatoms. The van der Waals surface area contributed by atoms with E-state index in [4.69, 9.17) is 21.1 Å². The standard InChI is InChI=1S/C26H26ClN3O3/c1-32-24-16-20(15-23(27)25(24)33-18-19-7-3-2-4-8-19)17-28-29-26(31)21-9-11-22(12-10-21)30-13-5-6-14-30/h2-4,7-12,15-17H,5-6,13-14,18H2,1H3,(H,29,31)/b28-17-. The van der Waals surface area contributed by atoms with Crippen LogP contribution in [0.1, 0.15) is 34.3 Å². The summed E-state index contributed by atoms with van der Waals surface area (Å²) in [6.07, 6.45) is 3.95. The molecule has 1 N–H and O–H groups in total. The first-order chi connectivity index (χ1) is 16.1. The molecule has 0 aromatic heterocycles. The summed E-state index contributed by atoms with van der Waals surface area (Å²) in [6, 6.07) is 20.9. The van der Waals surface area contributed by atoms with Crippen LogP contribution in [0.2, 0.25) is 5.02 Å². The Morgan fingerprint density at radius 1 is 1.09 bits per heavy atom. The maximum atomic E-state index is 12.4. The predicted molar refractivity (Wildman–Crippen MR) is 132 cm³/mol. The molecule has 0 saturated carbocycles. The van der Waals surface area contributed by atoms with Crippen molar-refractivity contribution in [3.05, 3.63) is 88.4 Å². The number of nitrogens with zero attached hydrogens (tertiary/aromatic N) is 2. The molecule has 6 nitrogen and oxygen atoms in total. The maximum Gasteiger partial charge on any atom is 0.271 e. The van der Waals surface area contributed by atoms with Crippen LogP contribution in [-0.2, 0) is 6.61 Å². The Balaban J connectivity index is 1.38. The summed E-state index contributed by atoms with van der Waals surface area (Å²) in [5.41, 5.74) is 5.95. The molecule has 1 saturated heterocycles. The number of carbonyl (C=O) groups excluding carboxylic acids is 1. The summed E-state index contributed by atoms with van der Waals surface area (Å²) in [4.78, 5) is 14.7. The molecule has 0 bridgehead atoms. The van der Waals surface area contributed by atoms with Crippen LogP contribution in [0, 0.1) is 0 Å². The van der Waals surface area contributed by atoms with Gasteiger partial charge in [0, 0.05) is 24.3 Å². The number of nitrogens with one attached hydrogen (secondary N) is 1. The van der Waals surface area contributed by atoms with Crippen LogP contribution in [0.15, 0.2) is 71.8 Å². The number of hydrogen-bond donors (Lipinski definition) is 1. The van der Waals surface area contributed by atoms with E-state index in [0.29, 0.717) is 34.3 Å². The second-order valence-electron chi connectivity index (χ2n) is 7.75. The third-order valence-electron chi connectivity index (χ3n) is 5.46. The third-order valence-corrected chi connectivity index (χ3v) is 5.74. The minimum absolute atomic E-state index is 0.278. The van der Waals surface area contributed by atoms with Gasteiger partial charge in [-0.05, 0) is 60.4 Å². The molecule has 1 amide bonds. The second-order valence-corrected chi connectivity index (χ2v) is 8.16. The average molecular weight is 464 g/mol. The Bertz CT molecular complexity index is 1110.